The number of aliphatic hydroxyl groups excluding tert-OH is 1. The molecule has 0 saturated carbocycles. The summed E-state index contributed by atoms with van der Waals surface area (Å²) in [7, 11) is 0. The van der Waals surface area contributed by atoms with E-state index in [0.717, 1.165) is 12.8 Å². The number of nitrogens with one attached hydrogen (secondary N) is 1. The number of hydrogen-bond donors (Lipinski definition) is 2. The lowest BCUT2D eigenvalue weighted by Gasteiger charge is -2.17. The number of rotatable bonds is 8. The lowest BCUT2D eigenvalue weighted by Crippen LogP contribution is -2.31. The molecule has 1 rings (SSSR count). The molecule has 0 aliphatic carbocycles. The second-order valence-corrected chi connectivity index (χ2v) is 4.96. The van der Waals surface area contributed by atoms with E-state index < -0.39 is 0 Å². The largest absolute Gasteiger partial charge is 0.396 e. The maximum atomic E-state index is 12.1. The van der Waals surface area contributed by atoms with Gasteiger partial charge in [0.2, 0.25) is 0 Å². The maximum absolute atomic E-state index is 12.1. The van der Waals surface area contributed by atoms with Gasteiger partial charge < -0.3 is 10.4 Å². The first-order chi connectivity index (χ1) is 9.13. The molecular formula is C14H25N3O2. The summed E-state index contributed by atoms with van der Waals surface area (Å²) in [5.74, 6) is 0.188. The average molecular weight is 267 g/mol. The van der Waals surface area contributed by atoms with E-state index >= 15 is 0 Å². The molecule has 1 amide bonds. The first kappa shape index (κ1) is 15.7. The van der Waals surface area contributed by atoms with Crippen LogP contribution in [0.3, 0.4) is 0 Å². The normalized spacial score (nSPS) is 12.7. The van der Waals surface area contributed by atoms with Gasteiger partial charge in [0.25, 0.3) is 5.91 Å². The Hall–Kier alpha value is -1.36. The van der Waals surface area contributed by atoms with Gasteiger partial charge in [0.15, 0.2) is 0 Å². The second kappa shape index (κ2) is 7.94. The molecular weight excluding hydrogens is 242 g/mol. The van der Waals surface area contributed by atoms with Crippen molar-refractivity contribution in [3.05, 3.63) is 18.0 Å². The molecule has 1 aromatic rings. The highest BCUT2D eigenvalue weighted by Crippen LogP contribution is 2.16. The van der Waals surface area contributed by atoms with Gasteiger partial charge in [-0.05, 0) is 31.2 Å². The van der Waals surface area contributed by atoms with Crippen LogP contribution < -0.4 is 5.32 Å². The Balaban J connectivity index is 2.65. The number of aromatic nitrogens is 2. The van der Waals surface area contributed by atoms with E-state index in [9.17, 15) is 4.79 Å². The number of nitrogens with zero attached hydrogens (tertiary/aromatic N) is 2. The van der Waals surface area contributed by atoms with E-state index in [-0.39, 0.29) is 24.5 Å². The zero-order valence-electron chi connectivity index (χ0n) is 12.1. The Bertz CT molecular complexity index is 386. The number of aliphatic hydroxyl groups is 1. The van der Waals surface area contributed by atoms with Crippen LogP contribution in [0.5, 0.6) is 0 Å². The van der Waals surface area contributed by atoms with E-state index in [1.807, 2.05) is 11.6 Å². The van der Waals surface area contributed by atoms with Gasteiger partial charge in [-0.3, -0.25) is 9.48 Å². The van der Waals surface area contributed by atoms with Crippen LogP contribution in [0.1, 0.15) is 56.6 Å². The minimum atomic E-state index is -0.0887. The molecule has 0 saturated heterocycles. The van der Waals surface area contributed by atoms with Crippen molar-refractivity contribution in [2.24, 2.45) is 5.92 Å². The van der Waals surface area contributed by atoms with Crippen molar-refractivity contribution in [1.29, 1.82) is 0 Å². The first-order valence-corrected chi connectivity index (χ1v) is 7.06. The first-order valence-electron chi connectivity index (χ1n) is 7.06. The lowest BCUT2D eigenvalue weighted by atomic mass is 10.1. The average Bonchev–Trinajstić information content (AvgIpc) is 2.87. The molecule has 0 aliphatic heterocycles. The molecule has 1 heterocycles. The van der Waals surface area contributed by atoms with Crippen molar-refractivity contribution < 1.29 is 9.90 Å². The molecule has 1 atom stereocenters. The zero-order valence-corrected chi connectivity index (χ0v) is 12.1. The lowest BCUT2D eigenvalue weighted by molar-refractivity contribution is 0.0931. The third-order valence-corrected chi connectivity index (χ3v) is 3.42. The van der Waals surface area contributed by atoms with E-state index in [2.05, 4.69) is 24.3 Å². The number of amides is 1. The fourth-order valence-electron chi connectivity index (χ4n) is 2.10. The summed E-state index contributed by atoms with van der Waals surface area (Å²) < 4.78 is 1.81. The molecule has 0 aliphatic rings. The van der Waals surface area contributed by atoms with Crippen LogP contribution in [0.4, 0.5) is 0 Å². The molecule has 0 fully saturated rings. The van der Waals surface area contributed by atoms with Crippen molar-refractivity contribution in [2.45, 2.75) is 46.1 Å². The predicted molar refractivity (Wildman–Crippen MR) is 75.0 cm³/mol. The van der Waals surface area contributed by atoms with Gasteiger partial charge >= 0.3 is 0 Å². The summed E-state index contributed by atoms with van der Waals surface area (Å²) in [6.45, 7) is 6.94. The van der Waals surface area contributed by atoms with Gasteiger partial charge in [0.1, 0.15) is 5.69 Å². The monoisotopic (exact) mass is 267 g/mol. The van der Waals surface area contributed by atoms with E-state index in [1.54, 1.807) is 12.3 Å². The third-order valence-electron chi connectivity index (χ3n) is 3.42. The van der Waals surface area contributed by atoms with Gasteiger partial charge in [-0.25, -0.2) is 0 Å². The molecule has 2 N–H and O–H groups in total. The Morgan fingerprint density at radius 1 is 1.47 bits per heavy atom. The van der Waals surface area contributed by atoms with Crippen molar-refractivity contribution in [3.8, 4) is 0 Å². The van der Waals surface area contributed by atoms with E-state index in [1.165, 1.54) is 0 Å². The van der Waals surface area contributed by atoms with Crippen LogP contribution >= 0.6 is 0 Å². The Labute approximate surface area is 115 Å². The Kier molecular flexibility index (Phi) is 6.56. The fraction of sp³-hybridized carbons (Fsp3) is 0.714. The molecule has 108 valence electrons. The third kappa shape index (κ3) is 4.35. The van der Waals surface area contributed by atoms with E-state index in [0.29, 0.717) is 18.7 Å². The van der Waals surface area contributed by atoms with Gasteiger partial charge in [0, 0.05) is 19.3 Å². The molecule has 0 bridgehead atoms. The minimum Gasteiger partial charge on any atom is -0.396 e. The van der Waals surface area contributed by atoms with E-state index in [4.69, 9.17) is 5.11 Å². The van der Waals surface area contributed by atoms with Crippen molar-refractivity contribution in [3.63, 3.8) is 0 Å². The van der Waals surface area contributed by atoms with Gasteiger partial charge in [-0.1, -0.05) is 20.8 Å². The van der Waals surface area contributed by atoms with Gasteiger partial charge in [-0.2, -0.15) is 5.10 Å². The number of carbonyl (C=O) groups excluding carboxylic acids is 1. The van der Waals surface area contributed by atoms with Crippen LogP contribution in [0.15, 0.2) is 12.3 Å². The topological polar surface area (TPSA) is 67.2 Å². The molecule has 5 heteroatoms. The second-order valence-electron chi connectivity index (χ2n) is 4.96. The summed E-state index contributed by atoms with van der Waals surface area (Å²) in [4.78, 5) is 12.1. The van der Waals surface area contributed by atoms with Gasteiger partial charge in [-0.15, -0.1) is 0 Å². The predicted octanol–water partition coefficient (Wildman–Crippen LogP) is 1.99. The van der Waals surface area contributed by atoms with Crippen LogP contribution in [0, 0.1) is 5.92 Å². The van der Waals surface area contributed by atoms with Crippen LogP contribution in [0.2, 0.25) is 0 Å². The highest BCUT2D eigenvalue weighted by Gasteiger charge is 2.17. The molecule has 1 unspecified atom stereocenters. The van der Waals surface area contributed by atoms with Crippen molar-refractivity contribution in [2.75, 3.05) is 13.2 Å². The molecule has 0 spiro atoms. The van der Waals surface area contributed by atoms with Gasteiger partial charge in [0.05, 0.1) is 6.04 Å². The molecule has 19 heavy (non-hydrogen) atoms. The zero-order chi connectivity index (χ0) is 14.3. The van der Waals surface area contributed by atoms with Crippen molar-refractivity contribution in [1.82, 2.24) is 15.1 Å². The summed E-state index contributed by atoms with van der Waals surface area (Å²) >= 11 is 0. The smallest absolute Gasteiger partial charge is 0.269 e. The highest BCUT2D eigenvalue weighted by atomic mass is 16.3. The molecule has 0 aromatic carbocycles. The Morgan fingerprint density at radius 3 is 2.74 bits per heavy atom. The highest BCUT2D eigenvalue weighted by molar-refractivity contribution is 5.92. The summed E-state index contributed by atoms with van der Waals surface area (Å²) in [6.07, 6.45) is 4.29. The van der Waals surface area contributed by atoms with Crippen molar-refractivity contribution >= 4 is 5.91 Å². The quantitative estimate of drug-likeness (QED) is 0.757. The maximum Gasteiger partial charge on any atom is 0.269 e. The van der Waals surface area contributed by atoms with Crippen LogP contribution in [-0.4, -0.2) is 33.9 Å². The Morgan fingerprint density at radius 2 is 2.16 bits per heavy atom. The van der Waals surface area contributed by atoms with Crippen LogP contribution in [-0.2, 0) is 0 Å². The SMILES string of the molecule is CCC(CC)n1nccc1C(=O)NCC(C)CCO. The fourth-order valence-corrected chi connectivity index (χ4v) is 2.10. The molecule has 5 nitrogen and oxygen atoms in total. The standard InChI is InChI=1S/C14H25N3O2/c1-4-12(5-2)17-13(6-8-16-17)14(19)15-10-11(3)7-9-18/h6,8,11-12,18H,4-5,7,9-10H2,1-3H3,(H,15,19). The number of carbonyl (C=O) groups is 1. The molecule has 0 radical (unpaired) electrons. The summed E-state index contributed by atoms with van der Waals surface area (Å²) in [6, 6.07) is 2.02. The summed E-state index contributed by atoms with van der Waals surface area (Å²) in [5.41, 5.74) is 0.616. The number of hydrogen-bond acceptors (Lipinski definition) is 3. The minimum absolute atomic E-state index is 0.0887. The summed E-state index contributed by atoms with van der Waals surface area (Å²) in [5, 5.41) is 16.0. The van der Waals surface area contributed by atoms with Crippen LogP contribution in [0.25, 0.3) is 0 Å². The molecule has 1 aromatic heterocycles.